The molecule has 0 radical (unpaired) electrons. The Labute approximate surface area is 190 Å². The van der Waals surface area contributed by atoms with Crippen molar-refractivity contribution in [2.24, 2.45) is 0 Å². The Kier molecular flexibility index (Phi) is 7.99. The van der Waals surface area contributed by atoms with Crippen molar-refractivity contribution >= 4 is 5.82 Å². The molecule has 0 saturated carbocycles. The lowest BCUT2D eigenvalue weighted by Crippen LogP contribution is -2.29. The third kappa shape index (κ3) is 6.72. The molecule has 0 unspecified atom stereocenters. The van der Waals surface area contributed by atoms with E-state index in [0.29, 0.717) is 13.0 Å². The fourth-order valence-electron chi connectivity index (χ4n) is 4.15. The van der Waals surface area contributed by atoms with Crippen LogP contribution in [0.1, 0.15) is 42.4 Å². The van der Waals surface area contributed by atoms with Gasteiger partial charge in [-0.15, -0.1) is 0 Å². The molecule has 1 saturated heterocycles. The molecule has 0 spiro atoms. The van der Waals surface area contributed by atoms with E-state index in [2.05, 4.69) is 33.4 Å². The van der Waals surface area contributed by atoms with Crippen molar-refractivity contribution in [2.45, 2.75) is 38.6 Å². The van der Waals surface area contributed by atoms with Crippen LogP contribution in [0.5, 0.6) is 5.75 Å². The molecule has 1 aliphatic heterocycles. The molecular weight excluding hydrogens is 398 g/mol. The number of likely N-dealkylation sites (tertiary alicyclic amines) is 1. The molecule has 2 N–H and O–H groups in total. The van der Waals surface area contributed by atoms with Gasteiger partial charge in [0.05, 0.1) is 6.61 Å². The minimum absolute atomic E-state index is 0.0527. The highest BCUT2D eigenvalue weighted by Crippen LogP contribution is 2.18. The highest BCUT2D eigenvalue weighted by atomic mass is 16.5. The van der Waals surface area contributed by atoms with E-state index in [9.17, 15) is 4.79 Å². The quantitative estimate of drug-likeness (QED) is 0.451. The molecular formula is C27H33N3O2. The summed E-state index contributed by atoms with van der Waals surface area (Å²) in [5, 5.41) is 3.29. The number of benzene rings is 2. The first-order valence-corrected chi connectivity index (χ1v) is 11.7. The molecule has 4 rings (SSSR count). The van der Waals surface area contributed by atoms with Gasteiger partial charge in [0.2, 0.25) is 0 Å². The van der Waals surface area contributed by atoms with Gasteiger partial charge in [-0.3, -0.25) is 9.69 Å². The van der Waals surface area contributed by atoms with Crippen LogP contribution < -0.4 is 15.5 Å². The lowest BCUT2D eigenvalue weighted by molar-refractivity contribution is 0.220. The number of nitrogens with zero attached hydrogens (tertiary/aromatic N) is 1. The number of H-pyrrole nitrogens is 1. The van der Waals surface area contributed by atoms with Crippen LogP contribution in [0.4, 0.5) is 5.82 Å². The molecule has 5 nitrogen and oxygen atoms in total. The maximum atomic E-state index is 12.4. The molecule has 0 bridgehead atoms. The molecule has 0 aliphatic carbocycles. The monoisotopic (exact) mass is 431 g/mol. The van der Waals surface area contributed by atoms with Crippen LogP contribution in [0, 0.1) is 0 Å². The van der Waals surface area contributed by atoms with Gasteiger partial charge in [-0.25, -0.2) is 0 Å². The number of ether oxygens (including phenoxy) is 1. The Morgan fingerprint density at radius 1 is 0.938 bits per heavy atom. The van der Waals surface area contributed by atoms with E-state index < -0.39 is 0 Å². The van der Waals surface area contributed by atoms with Crippen LogP contribution in [0.15, 0.2) is 71.7 Å². The van der Waals surface area contributed by atoms with Crippen LogP contribution >= 0.6 is 0 Å². The molecule has 3 aromatic rings. The van der Waals surface area contributed by atoms with Gasteiger partial charge in [-0.2, -0.15) is 0 Å². The lowest BCUT2D eigenvalue weighted by Gasteiger charge is -2.26. The zero-order valence-corrected chi connectivity index (χ0v) is 18.7. The van der Waals surface area contributed by atoms with Crippen LogP contribution in [-0.2, 0) is 13.0 Å². The van der Waals surface area contributed by atoms with Gasteiger partial charge >= 0.3 is 0 Å². The number of piperidine rings is 1. The Morgan fingerprint density at radius 3 is 2.56 bits per heavy atom. The molecule has 0 atom stereocenters. The minimum atomic E-state index is 0.0527. The van der Waals surface area contributed by atoms with Crippen LogP contribution in [0.25, 0.3) is 0 Å². The normalized spacial score (nSPS) is 14.2. The predicted molar refractivity (Wildman–Crippen MR) is 130 cm³/mol. The second-order valence-electron chi connectivity index (χ2n) is 8.51. The van der Waals surface area contributed by atoms with Gasteiger partial charge in [0.25, 0.3) is 0 Å². The van der Waals surface area contributed by atoms with Gasteiger partial charge in [-0.05, 0) is 55.6 Å². The molecule has 5 heteroatoms. The highest BCUT2D eigenvalue weighted by molar-refractivity contribution is 5.37. The molecule has 168 valence electrons. The fraction of sp³-hybridized carbons (Fsp3) is 0.370. The summed E-state index contributed by atoms with van der Waals surface area (Å²) in [6.07, 6.45) is 7.28. The van der Waals surface area contributed by atoms with E-state index in [4.69, 9.17) is 4.74 Å². The Hall–Kier alpha value is -3.05. The Balaban J connectivity index is 1.19. The second kappa shape index (κ2) is 11.5. The summed E-state index contributed by atoms with van der Waals surface area (Å²) < 4.78 is 5.95. The Bertz CT molecular complexity index is 1030. The molecule has 1 aliphatic rings. The number of pyridine rings is 1. The van der Waals surface area contributed by atoms with Crippen molar-refractivity contribution in [1.82, 2.24) is 9.88 Å². The summed E-state index contributed by atoms with van der Waals surface area (Å²) in [5.41, 5.74) is 3.28. The first-order chi connectivity index (χ1) is 15.8. The van der Waals surface area contributed by atoms with Crippen molar-refractivity contribution in [3.05, 3.63) is 93.8 Å². The van der Waals surface area contributed by atoms with Crippen LogP contribution in [-0.4, -0.2) is 36.1 Å². The summed E-state index contributed by atoms with van der Waals surface area (Å²) in [7, 11) is 0. The number of nitrogens with one attached hydrogen (secondary N) is 2. The zero-order chi connectivity index (χ0) is 22.0. The van der Waals surface area contributed by atoms with Crippen molar-refractivity contribution in [3.8, 4) is 5.75 Å². The first-order valence-electron chi connectivity index (χ1n) is 11.7. The lowest BCUT2D eigenvalue weighted by atomic mass is 10.1. The molecule has 0 amide bonds. The standard InChI is InChI=1S/C27H33N3O2/c31-26-19-27(29-20-24(26)17-22-9-3-1-4-10-22)28-13-8-16-32-25-12-7-11-23(18-25)21-30-14-5-2-6-15-30/h1,3-4,7,9-12,18-20H,2,5-6,8,13-17,21H2,(H2,28,29,31). The predicted octanol–water partition coefficient (Wildman–Crippen LogP) is 4.83. The average Bonchev–Trinajstić information content (AvgIpc) is 2.82. The summed E-state index contributed by atoms with van der Waals surface area (Å²) in [6, 6.07) is 20.1. The van der Waals surface area contributed by atoms with E-state index in [1.54, 1.807) is 6.07 Å². The average molecular weight is 432 g/mol. The van der Waals surface area contributed by atoms with E-state index in [0.717, 1.165) is 42.2 Å². The van der Waals surface area contributed by atoms with Crippen molar-refractivity contribution in [3.63, 3.8) is 0 Å². The molecule has 1 aromatic heterocycles. The van der Waals surface area contributed by atoms with E-state index in [1.807, 2.05) is 42.6 Å². The Morgan fingerprint density at radius 2 is 1.75 bits per heavy atom. The van der Waals surface area contributed by atoms with Gasteiger partial charge in [-0.1, -0.05) is 48.9 Å². The number of anilines is 1. The van der Waals surface area contributed by atoms with Gasteiger partial charge < -0.3 is 15.0 Å². The molecule has 2 aromatic carbocycles. The smallest absolute Gasteiger partial charge is 0.187 e. The molecule has 2 heterocycles. The second-order valence-corrected chi connectivity index (χ2v) is 8.51. The zero-order valence-electron chi connectivity index (χ0n) is 18.7. The van der Waals surface area contributed by atoms with Crippen molar-refractivity contribution in [1.29, 1.82) is 0 Å². The SMILES string of the molecule is O=c1cc(NCCCOc2cccc(CN3CCCCC3)c2)[nH]cc1Cc1ccccc1. The molecule has 1 fully saturated rings. The maximum absolute atomic E-state index is 12.4. The van der Waals surface area contributed by atoms with E-state index >= 15 is 0 Å². The van der Waals surface area contributed by atoms with Crippen LogP contribution in [0.2, 0.25) is 0 Å². The van der Waals surface area contributed by atoms with Crippen molar-refractivity contribution in [2.75, 3.05) is 31.6 Å². The summed E-state index contributed by atoms with van der Waals surface area (Å²) >= 11 is 0. The highest BCUT2D eigenvalue weighted by Gasteiger charge is 2.10. The van der Waals surface area contributed by atoms with Gasteiger partial charge in [0, 0.05) is 37.3 Å². The fourth-order valence-corrected chi connectivity index (χ4v) is 4.15. The minimum Gasteiger partial charge on any atom is -0.494 e. The first kappa shape index (κ1) is 22.2. The van der Waals surface area contributed by atoms with Crippen LogP contribution in [0.3, 0.4) is 0 Å². The maximum Gasteiger partial charge on any atom is 0.187 e. The van der Waals surface area contributed by atoms with Gasteiger partial charge in [0.1, 0.15) is 11.6 Å². The number of aromatic amines is 1. The molecule has 32 heavy (non-hydrogen) atoms. The topological polar surface area (TPSA) is 57.4 Å². The van der Waals surface area contributed by atoms with Gasteiger partial charge in [0.15, 0.2) is 5.43 Å². The summed E-state index contributed by atoms with van der Waals surface area (Å²) in [6.45, 7) is 4.78. The largest absolute Gasteiger partial charge is 0.494 e. The summed E-state index contributed by atoms with van der Waals surface area (Å²) in [5.74, 6) is 1.67. The number of rotatable bonds is 10. The van der Waals surface area contributed by atoms with Crippen molar-refractivity contribution < 1.29 is 4.74 Å². The third-order valence-electron chi connectivity index (χ3n) is 5.89. The summed E-state index contributed by atoms with van der Waals surface area (Å²) in [4.78, 5) is 18.1. The number of hydrogen-bond donors (Lipinski definition) is 2. The number of aromatic nitrogens is 1. The van der Waals surface area contributed by atoms with E-state index in [1.165, 1.54) is 37.9 Å². The third-order valence-corrected chi connectivity index (χ3v) is 5.89. The number of hydrogen-bond acceptors (Lipinski definition) is 4. The van der Waals surface area contributed by atoms with E-state index in [-0.39, 0.29) is 5.43 Å².